The van der Waals surface area contributed by atoms with Crippen molar-refractivity contribution in [3.63, 3.8) is 0 Å². The van der Waals surface area contributed by atoms with Crippen LogP contribution in [0.3, 0.4) is 0 Å². The number of nitrogens with zero attached hydrogens (tertiary/aromatic N) is 3. The average molecular weight is 318 g/mol. The molecule has 0 aliphatic rings. The molecule has 1 amide bonds. The van der Waals surface area contributed by atoms with Gasteiger partial charge in [-0.3, -0.25) is 4.79 Å². The summed E-state index contributed by atoms with van der Waals surface area (Å²) in [6.45, 7) is 3.89. The number of nitriles is 2. The van der Waals surface area contributed by atoms with E-state index in [1.165, 1.54) is 11.6 Å². The molecule has 0 atom stereocenters. The van der Waals surface area contributed by atoms with Crippen LogP contribution in [0, 0.1) is 29.6 Å². The first kappa shape index (κ1) is 17.1. The molecule has 5 nitrogen and oxygen atoms in total. The zero-order valence-electron chi connectivity index (χ0n) is 13.9. The third kappa shape index (κ3) is 3.53. The number of hydrogen-bond donors (Lipinski definition) is 1. The summed E-state index contributed by atoms with van der Waals surface area (Å²) in [5.74, 6) is -0.469. The normalized spacial score (nSPS) is 10.8. The van der Waals surface area contributed by atoms with E-state index in [9.17, 15) is 10.1 Å². The van der Waals surface area contributed by atoms with E-state index in [0.29, 0.717) is 16.9 Å². The number of amides is 1. The van der Waals surface area contributed by atoms with E-state index in [-0.39, 0.29) is 5.57 Å². The predicted octanol–water partition coefficient (Wildman–Crippen LogP) is 3.31. The van der Waals surface area contributed by atoms with Gasteiger partial charge in [-0.25, -0.2) is 0 Å². The van der Waals surface area contributed by atoms with Gasteiger partial charge in [-0.2, -0.15) is 10.5 Å². The van der Waals surface area contributed by atoms with Crippen molar-refractivity contribution in [2.75, 3.05) is 5.32 Å². The van der Waals surface area contributed by atoms with E-state index in [2.05, 4.69) is 18.3 Å². The van der Waals surface area contributed by atoms with Gasteiger partial charge in [0, 0.05) is 18.4 Å². The monoisotopic (exact) mass is 318 g/mol. The summed E-state index contributed by atoms with van der Waals surface area (Å²) in [4.78, 5) is 12.3. The first-order chi connectivity index (χ1) is 11.5. The van der Waals surface area contributed by atoms with Gasteiger partial charge < -0.3 is 9.88 Å². The Bertz CT molecular complexity index is 874. The maximum atomic E-state index is 12.3. The third-order valence-corrected chi connectivity index (χ3v) is 3.97. The first-order valence-electron chi connectivity index (χ1n) is 7.58. The SMILES string of the molecule is CCc1ccc(NC(=O)/C(C#N)=C\c2cc(C#N)n(C)c2C)cc1. The highest BCUT2D eigenvalue weighted by atomic mass is 16.1. The Kier molecular flexibility index (Phi) is 5.19. The molecule has 0 saturated heterocycles. The number of nitrogens with one attached hydrogen (secondary N) is 1. The molecule has 1 N–H and O–H groups in total. The second-order valence-electron chi connectivity index (χ2n) is 5.42. The summed E-state index contributed by atoms with van der Waals surface area (Å²) < 4.78 is 1.72. The molecule has 1 aromatic carbocycles. The number of carbonyl (C=O) groups is 1. The van der Waals surface area contributed by atoms with Crippen LogP contribution in [-0.2, 0) is 18.3 Å². The Labute approximate surface area is 141 Å². The van der Waals surface area contributed by atoms with Crippen molar-refractivity contribution in [1.29, 1.82) is 10.5 Å². The van der Waals surface area contributed by atoms with E-state index in [0.717, 1.165) is 12.1 Å². The molecular formula is C19H18N4O. The van der Waals surface area contributed by atoms with Crippen LogP contribution < -0.4 is 5.32 Å². The van der Waals surface area contributed by atoms with E-state index >= 15 is 0 Å². The molecule has 24 heavy (non-hydrogen) atoms. The van der Waals surface area contributed by atoms with Crippen molar-refractivity contribution in [3.05, 3.63) is 58.4 Å². The fourth-order valence-corrected chi connectivity index (χ4v) is 2.30. The Morgan fingerprint density at radius 1 is 1.29 bits per heavy atom. The van der Waals surface area contributed by atoms with Crippen molar-refractivity contribution >= 4 is 17.7 Å². The summed E-state index contributed by atoms with van der Waals surface area (Å²) in [5.41, 5.74) is 3.79. The smallest absolute Gasteiger partial charge is 0.266 e. The summed E-state index contributed by atoms with van der Waals surface area (Å²) in [7, 11) is 1.77. The lowest BCUT2D eigenvalue weighted by Gasteiger charge is -2.05. The van der Waals surface area contributed by atoms with Crippen LogP contribution in [0.25, 0.3) is 6.08 Å². The van der Waals surface area contributed by atoms with E-state index in [1.54, 1.807) is 17.7 Å². The van der Waals surface area contributed by atoms with Crippen LogP contribution in [0.4, 0.5) is 5.69 Å². The number of aryl methyl sites for hydroxylation is 1. The Balaban J connectivity index is 2.26. The van der Waals surface area contributed by atoms with Crippen molar-refractivity contribution in [2.45, 2.75) is 20.3 Å². The summed E-state index contributed by atoms with van der Waals surface area (Å²) >= 11 is 0. The van der Waals surface area contributed by atoms with Gasteiger partial charge in [0.25, 0.3) is 5.91 Å². The van der Waals surface area contributed by atoms with Crippen LogP contribution >= 0.6 is 0 Å². The van der Waals surface area contributed by atoms with Crippen LogP contribution in [0.2, 0.25) is 0 Å². The maximum Gasteiger partial charge on any atom is 0.266 e. The van der Waals surface area contributed by atoms with Crippen LogP contribution in [0.15, 0.2) is 35.9 Å². The molecule has 0 radical (unpaired) electrons. The van der Waals surface area contributed by atoms with Gasteiger partial charge in [0.2, 0.25) is 0 Å². The van der Waals surface area contributed by atoms with E-state index < -0.39 is 5.91 Å². The van der Waals surface area contributed by atoms with Gasteiger partial charge in [-0.15, -0.1) is 0 Å². The molecule has 5 heteroatoms. The zero-order valence-corrected chi connectivity index (χ0v) is 13.9. The van der Waals surface area contributed by atoms with Crippen LogP contribution in [-0.4, -0.2) is 10.5 Å². The molecule has 0 bridgehead atoms. The maximum absolute atomic E-state index is 12.3. The minimum absolute atomic E-state index is 0.00671. The van der Waals surface area contributed by atoms with Gasteiger partial charge in [-0.1, -0.05) is 19.1 Å². The lowest BCUT2D eigenvalue weighted by atomic mass is 10.1. The van der Waals surface area contributed by atoms with Crippen LogP contribution in [0.1, 0.15) is 29.4 Å². The molecule has 0 aliphatic carbocycles. The molecule has 0 fully saturated rings. The highest BCUT2D eigenvalue weighted by Crippen LogP contribution is 2.18. The lowest BCUT2D eigenvalue weighted by molar-refractivity contribution is -0.112. The van der Waals surface area contributed by atoms with Gasteiger partial charge in [-0.05, 0) is 48.7 Å². The van der Waals surface area contributed by atoms with Gasteiger partial charge >= 0.3 is 0 Å². The van der Waals surface area contributed by atoms with Crippen molar-refractivity contribution in [2.24, 2.45) is 7.05 Å². The van der Waals surface area contributed by atoms with E-state index in [4.69, 9.17) is 5.26 Å². The third-order valence-electron chi connectivity index (χ3n) is 3.97. The molecule has 1 aromatic heterocycles. The number of rotatable bonds is 4. The Morgan fingerprint density at radius 3 is 2.46 bits per heavy atom. The molecule has 120 valence electrons. The average Bonchev–Trinajstić information content (AvgIpc) is 2.87. The minimum Gasteiger partial charge on any atom is -0.339 e. The fourth-order valence-electron chi connectivity index (χ4n) is 2.30. The number of aromatic nitrogens is 1. The second kappa shape index (κ2) is 7.30. The topological polar surface area (TPSA) is 81.6 Å². The first-order valence-corrected chi connectivity index (χ1v) is 7.58. The van der Waals surface area contributed by atoms with Gasteiger partial charge in [0.15, 0.2) is 0 Å². The molecule has 0 saturated carbocycles. The van der Waals surface area contributed by atoms with Crippen molar-refractivity contribution in [1.82, 2.24) is 4.57 Å². The predicted molar refractivity (Wildman–Crippen MR) is 92.9 cm³/mol. The Hall–Kier alpha value is -3.31. The van der Waals surface area contributed by atoms with Crippen molar-refractivity contribution < 1.29 is 4.79 Å². The number of hydrogen-bond acceptors (Lipinski definition) is 3. The number of carbonyl (C=O) groups excluding carboxylic acids is 1. The molecule has 0 unspecified atom stereocenters. The van der Waals surface area contributed by atoms with Gasteiger partial charge in [0.1, 0.15) is 23.4 Å². The summed E-state index contributed by atoms with van der Waals surface area (Å²) in [6.07, 6.45) is 2.43. The molecule has 1 heterocycles. The van der Waals surface area contributed by atoms with Crippen molar-refractivity contribution in [3.8, 4) is 12.1 Å². The molecular weight excluding hydrogens is 300 g/mol. The molecule has 0 spiro atoms. The lowest BCUT2D eigenvalue weighted by Crippen LogP contribution is -2.13. The summed E-state index contributed by atoms with van der Waals surface area (Å²) in [5, 5.41) is 21.1. The highest BCUT2D eigenvalue weighted by Gasteiger charge is 2.13. The fraction of sp³-hybridized carbons (Fsp3) is 0.211. The quantitative estimate of drug-likeness (QED) is 0.693. The zero-order chi connectivity index (χ0) is 17.7. The number of benzene rings is 1. The summed E-state index contributed by atoms with van der Waals surface area (Å²) in [6, 6.07) is 13.2. The standard InChI is InChI=1S/C19H18N4O/c1-4-14-5-7-17(8-6-14)22-19(24)16(11-20)9-15-10-18(12-21)23(3)13(15)2/h5-10H,4H2,1-3H3,(H,22,24)/b16-9-. The number of anilines is 1. The minimum atomic E-state index is -0.469. The van der Waals surface area contributed by atoms with Crippen LogP contribution in [0.5, 0.6) is 0 Å². The second-order valence-corrected chi connectivity index (χ2v) is 5.42. The molecule has 0 aliphatic heterocycles. The van der Waals surface area contributed by atoms with Gasteiger partial charge in [0.05, 0.1) is 0 Å². The highest BCUT2D eigenvalue weighted by molar-refractivity contribution is 6.09. The van der Waals surface area contributed by atoms with E-state index in [1.807, 2.05) is 37.3 Å². The molecule has 2 aromatic rings. The largest absolute Gasteiger partial charge is 0.339 e. The Morgan fingerprint density at radius 2 is 1.96 bits per heavy atom. The molecule has 2 rings (SSSR count).